The number of hydrogen-bond acceptors (Lipinski definition) is 2. The molecule has 0 amide bonds. The summed E-state index contributed by atoms with van der Waals surface area (Å²) in [6.45, 7) is 4.38. The largest absolute Gasteiger partial charge is 0.489 e. The Balaban J connectivity index is 0.00000168. The fourth-order valence-corrected chi connectivity index (χ4v) is 4.56. The topological polar surface area (TPSA) is 17.4 Å². The Bertz CT molecular complexity index is 967. The van der Waals surface area contributed by atoms with E-state index in [1.165, 1.54) is 47.7 Å². The quantitative estimate of drug-likeness (QED) is 0.529. The van der Waals surface area contributed by atoms with E-state index in [1.807, 2.05) is 0 Å². The standard InChI is InChI=1S/C22H24N2O.B/c1-23-21-5-3-2-4-19(21)20-7-6-18(14-22(20)23)25-13-10-17-15-24-11-8-16(17)9-12-24;/h2-7,10,14,16H,8-9,11-13,15H2,1H3;. The molecule has 0 spiro atoms. The van der Waals surface area contributed by atoms with E-state index in [0.29, 0.717) is 6.61 Å². The smallest absolute Gasteiger partial charge is 0.121 e. The fraction of sp³-hybridized carbons (Fsp3) is 0.364. The maximum atomic E-state index is 6.07. The highest BCUT2D eigenvalue weighted by Gasteiger charge is 2.28. The van der Waals surface area contributed by atoms with Crippen LogP contribution in [-0.4, -0.2) is 44.1 Å². The molecular weight excluding hydrogens is 319 g/mol. The van der Waals surface area contributed by atoms with Gasteiger partial charge in [-0.1, -0.05) is 23.8 Å². The first-order valence-electron chi connectivity index (χ1n) is 9.31. The molecule has 1 aromatic heterocycles. The van der Waals surface area contributed by atoms with Gasteiger partial charge in [0.25, 0.3) is 0 Å². The van der Waals surface area contributed by atoms with Crippen LogP contribution in [0.15, 0.2) is 54.1 Å². The molecule has 6 rings (SSSR count). The number of nitrogens with zero attached hydrogens (tertiary/aromatic N) is 2. The Hall–Kier alpha value is -2.20. The predicted octanol–water partition coefficient (Wildman–Crippen LogP) is 3.98. The first-order valence-corrected chi connectivity index (χ1v) is 9.31. The first kappa shape index (κ1) is 17.2. The maximum Gasteiger partial charge on any atom is 0.121 e. The van der Waals surface area contributed by atoms with Crippen molar-refractivity contribution in [3.8, 4) is 5.75 Å². The van der Waals surface area contributed by atoms with Gasteiger partial charge in [-0.05, 0) is 56.1 Å². The summed E-state index contributed by atoms with van der Waals surface area (Å²) in [6, 6.07) is 15.0. The highest BCUT2D eigenvalue weighted by atomic mass is 16.5. The zero-order chi connectivity index (χ0) is 16.8. The summed E-state index contributed by atoms with van der Waals surface area (Å²) >= 11 is 0. The second-order valence-electron chi connectivity index (χ2n) is 7.40. The lowest BCUT2D eigenvalue weighted by molar-refractivity contribution is 0.160. The van der Waals surface area contributed by atoms with Gasteiger partial charge in [0.1, 0.15) is 12.4 Å². The van der Waals surface area contributed by atoms with Crippen molar-refractivity contribution in [3.63, 3.8) is 0 Å². The minimum atomic E-state index is 0. The molecule has 0 unspecified atom stereocenters. The van der Waals surface area contributed by atoms with Gasteiger partial charge in [0.05, 0.1) is 5.52 Å². The van der Waals surface area contributed by atoms with Gasteiger partial charge in [-0.15, -0.1) is 0 Å². The van der Waals surface area contributed by atoms with Crippen LogP contribution >= 0.6 is 0 Å². The lowest BCUT2D eigenvalue weighted by Crippen LogP contribution is -2.43. The number of benzene rings is 2. The number of fused-ring (bicyclic) bond motifs is 6. The number of rotatable bonds is 3. The van der Waals surface area contributed by atoms with Crippen LogP contribution in [0, 0.1) is 5.92 Å². The minimum absolute atomic E-state index is 0. The SMILES string of the molecule is Cn1c2ccccc2c2ccc(OCC=C3CN4CCC3CC4)cc21.[B]. The molecule has 4 heteroatoms. The molecule has 3 aliphatic rings. The highest BCUT2D eigenvalue weighted by molar-refractivity contribution is 6.08. The molecule has 0 saturated carbocycles. The Kier molecular flexibility index (Phi) is 4.54. The Morgan fingerprint density at radius 3 is 2.58 bits per heavy atom. The molecule has 2 aromatic carbocycles. The van der Waals surface area contributed by atoms with Gasteiger partial charge in [-0.2, -0.15) is 0 Å². The van der Waals surface area contributed by atoms with E-state index in [4.69, 9.17) is 4.74 Å². The minimum Gasteiger partial charge on any atom is -0.489 e. The molecule has 3 saturated heterocycles. The van der Waals surface area contributed by atoms with Crippen molar-refractivity contribution in [2.75, 3.05) is 26.2 Å². The van der Waals surface area contributed by atoms with E-state index in [2.05, 4.69) is 65.1 Å². The van der Waals surface area contributed by atoms with Crippen molar-refractivity contribution in [2.24, 2.45) is 13.0 Å². The summed E-state index contributed by atoms with van der Waals surface area (Å²) < 4.78 is 8.32. The van der Waals surface area contributed by atoms with Gasteiger partial charge in [-0.25, -0.2) is 0 Å². The van der Waals surface area contributed by atoms with E-state index in [9.17, 15) is 0 Å². The van der Waals surface area contributed by atoms with Crippen LogP contribution in [0.4, 0.5) is 0 Å². The van der Waals surface area contributed by atoms with E-state index >= 15 is 0 Å². The average Bonchev–Trinajstić information content (AvgIpc) is 2.95. The van der Waals surface area contributed by atoms with Crippen LogP contribution in [-0.2, 0) is 7.05 Å². The maximum absolute atomic E-state index is 6.07. The second-order valence-corrected chi connectivity index (χ2v) is 7.40. The number of piperidine rings is 3. The van der Waals surface area contributed by atoms with Crippen molar-refractivity contribution in [1.29, 1.82) is 0 Å². The molecule has 4 heterocycles. The number of ether oxygens (including phenoxy) is 1. The third kappa shape index (κ3) is 2.82. The third-order valence-corrected chi connectivity index (χ3v) is 6.00. The molecule has 3 radical (unpaired) electrons. The van der Waals surface area contributed by atoms with Crippen LogP contribution in [0.5, 0.6) is 5.75 Å². The summed E-state index contributed by atoms with van der Waals surface area (Å²) in [5.74, 6) is 1.76. The number of hydrogen-bond donors (Lipinski definition) is 0. The zero-order valence-corrected chi connectivity index (χ0v) is 15.3. The van der Waals surface area contributed by atoms with E-state index in [1.54, 1.807) is 5.57 Å². The number of para-hydroxylation sites is 1. The summed E-state index contributed by atoms with van der Waals surface area (Å²) in [4.78, 5) is 2.56. The number of aromatic nitrogens is 1. The van der Waals surface area contributed by atoms with Crippen LogP contribution in [0.25, 0.3) is 21.8 Å². The van der Waals surface area contributed by atoms with Crippen molar-refractivity contribution in [1.82, 2.24) is 9.47 Å². The van der Waals surface area contributed by atoms with Gasteiger partial charge >= 0.3 is 0 Å². The molecule has 3 fully saturated rings. The lowest BCUT2D eigenvalue weighted by atomic mass is 9.84. The average molecular weight is 343 g/mol. The van der Waals surface area contributed by atoms with Gasteiger partial charge in [0.15, 0.2) is 0 Å². The van der Waals surface area contributed by atoms with Crippen molar-refractivity contribution in [2.45, 2.75) is 12.8 Å². The van der Waals surface area contributed by atoms with Crippen LogP contribution in [0.3, 0.4) is 0 Å². The summed E-state index contributed by atoms with van der Waals surface area (Å²) in [7, 11) is 2.13. The molecule has 0 atom stereocenters. The van der Waals surface area contributed by atoms with Crippen LogP contribution in [0.1, 0.15) is 12.8 Å². The molecule has 131 valence electrons. The Morgan fingerprint density at radius 2 is 1.81 bits per heavy atom. The van der Waals surface area contributed by atoms with Crippen molar-refractivity contribution in [3.05, 3.63) is 54.1 Å². The molecular formula is C22H24BN2O. The highest BCUT2D eigenvalue weighted by Crippen LogP contribution is 2.32. The van der Waals surface area contributed by atoms with Gasteiger partial charge < -0.3 is 9.30 Å². The second kappa shape index (κ2) is 6.84. The molecule has 3 nitrogen and oxygen atoms in total. The normalized spacial score (nSPS) is 23.5. The predicted molar refractivity (Wildman–Crippen MR) is 109 cm³/mol. The van der Waals surface area contributed by atoms with Crippen LogP contribution in [0.2, 0.25) is 0 Å². The number of aryl methyl sites for hydroxylation is 1. The molecule has 0 N–H and O–H groups in total. The molecule has 0 aliphatic carbocycles. The summed E-state index contributed by atoms with van der Waals surface area (Å²) in [5, 5.41) is 2.60. The fourth-order valence-electron chi connectivity index (χ4n) is 4.56. The molecule has 2 bridgehead atoms. The Labute approximate surface area is 156 Å². The van der Waals surface area contributed by atoms with Gasteiger partial charge in [-0.3, -0.25) is 4.90 Å². The molecule has 26 heavy (non-hydrogen) atoms. The van der Waals surface area contributed by atoms with E-state index < -0.39 is 0 Å². The van der Waals surface area contributed by atoms with E-state index in [-0.39, 0.29) is 8.41 Å². The third-order valence-electron chi connectivity index (χ3n) is 6.00. The monoisotopic (exact) mass is 343 g/mol. The summed E-state index contributed by atoms with van der Waals surface area (Å²) in [5.41, 5.74) is 4.08. The Morgan fingerprint density at radius 1 is 1.04 bits per heavy atom. The first-order chi connectivity index (χ1) is 12.3. The van der Waals surface area contributed by atoms with E-state index in [0.717, 1.165) is 18.2 Å². The molecule has 3 aliphatic heterocycles. The van der Waals surface area contributed by atoms with Crippen molar-refractivity contribution < 1.29 is 4.74 Å². The summed E-state index contributed by atoms with van der Waals surface area (Å²) in [6.07, 6.45) is 4.98. The molecule has 3 aromatic rings. The van der Waals surface area contributed by atoms with Gasteiger partial charge in [0, 0.05) is 44.4 Å². The lowest BCUT2D eigenvalue weighted by Gasteiger charge is -2.41. The zero-order valence-electron chi connectivity index (χ0n) is 15.3. The van der Waals surface area contributed by atoms with Crippen molar-refractivity contribution >= 4 is 30.2 Å². The van der Waals surface area contributed by atoms with Gasteiger partial charge in [0.2, 0.25) is 0 Å². The van der Waals surface area contributed by atoms with Crippen LogP contribution < -0.4 is 4.74 Å².